The van der Waals surface area contributed by atoms with Crippen LogP contribution in [0.5, 0.6) is 11.5 Å². The Labute approximate surface area is 187 Å². The number of aliphatic hydroxyl groups excluding tert-OH is 1. The summed E-state index contributed by atoms with van der Waals surface area (Å²) >= 11 is 8.63. The molecule has 0 aliphatic rings. The van der Waals surface area contributed by atoms with Crippen LogP contribution in [0, 0.1) is 0 Å². The van der Waals surface area contributed by atoms with Gasteiger partial charge in [-0.15, -0.1) is 0 Å². The Kier molecular flexibility index (Phi) is 7.09. The number of carbonyl (C=O) groups excluding carboxylic acids is 1. The van der Waals surface area contributed by atoms with Crippen molar-refractivity contribution < 1.29 is 23.8 Å². The van der Waals surface area contributed by atoms with E-state index in [2.05, 4.69) is 26.6 Å². The lowest BCUT2D eigenvalue weighted by molar-refractivity contribution is 0.0977. The van der Waals surface area contributed by atoms with Gasteiger partial charge in [-0.25, -0.2) is 0 Å². The first-order chi connectivity index (χ1) is 14.4. The largest absolute Gasteiger partial charge is 0.496 e. The molecule has 0 atom stereocenters. The number of nitrogens with one attached hydrogen (secondary N) is 2. The van der Waals surface area contributed by atoms with Crippen LogP contribution in [0.4, 0.5) is 5.69 Å². The SMILES string of the molecule is COc1ccc(C(=O)NC(=S)Nc2ccc(OC)c(-c3ccc(CO)o3)c2)cc1Br. The molecule has 3 aromatic rings. The molecule has 1 aromatic heterocycles. The smallest absolute Gasteiger partial charge is 0.257 e. The highest BCUT2D eigenvalue weighted by Gasteiger charge is 2.14. The first kappa shape index (κ1) is 21.8. The van der Waals surface area contributed by atoms with Gasteiger partial charge in [0.1, 0.15) is 29.6 Å². The molecule has 0 spiro atoms. The lowest BCUT2D eigenvalue weighted by Gasteiger charge is -2.13. The minimum atomic E-state index is -0.358. The average molecular weight is 491 g/mol. The van der Waals surface area contributed by atoms with Gasteiger partial charge >= 0.3 is 0 Å². The first-order valence-electron chi connectivity index (χ1n) is 8.79. The minimum Gasteiger partial charge on any atom is -0.496 e. The number of rotatable bonds is 6. The number of carbonyl (C=O) groups is 1. The van der Waals surface area contributed by atoms with Crippen LogP contribution in [-0.2, 0) is 6.61 Å². The van der Waals surface area contributed by atoms with Gasteiger partial charge in [0.25, 0.3) is 5.91 Å². The maximum atomic E-state index is 12.5. The number of thiocarbonyl (C=S) groups is 1. The molecule has 1 amide bonds. The van der Waals surface area contributed by atoms with E-state index in [0.717, 1.165) is 0 Å². The van der Waals surface area contributed by atoms with Gasteiger partial charge in [0.2, 0.25) is 0 Å². The van der Waals surface area contributed by atoms with Crippen molar-refractivity contribution in [2.45, 2.75) is 6.61 Å². The number of hydrogen-bond acceptors (Lipinski definition) is 6. The number of furan rings is 1. The van der Waals surface area contributed by atoms with Crippen LogP contribution >= 0.6 is 28.1 Å². The molecule has 3 N–H and O–H groups in total. The molecule has 30 heavy (non-hydrogen) atoms. The Morgan fingerprint density at radius 2 is 1.83 bits per heavy atom. The van der Waals surface area contributed by atoms with E-state index >= 15 is 0 Å². The summed E-state index contributed by atoms with van der Waals surface area (Å²) in [7, 11) is 3.11. The van der Waals surface area contributed by atoms with E-state index in [9.17, 15) is 9.90 Å². The van der Waals surface area contributed by atoms with Crippen molar-refractivity contribution in [3.8, 4) is 22.8 Å². The molecule has 156 valence electrons. The average Bonchev–Trinajstić information content (AvgIpc) is 3.22. The van der Waals surface area contributed by atoms with Crippen molar-refractivity contribution in [1.82, 2.24) is 5.32 Å². The molecule has 0 unspecified atom stereocenters. The normalized spacial score (nSPS) is 10.4. The van der Waals surface area contributed by atoms with E-state index in [1.165, 1.54) is 0 Å². The molecular weight excluding hydrogens is 472 g/mol. The molecule has 1 heterocycles. The van der Waals surface area contributed by atoms with Crippen molar-refractivity contribution in [3.63, 3.8) is 0 Å². The number of ether oxygens (including phenoxy) is 2. The van der Waals surface area contributed by atoms with Crippen LogP contribution < -0.4 is 20.1 Å². The van der Waals surface area contributed by atoms with Crippen molar-refractivity contribution >= 4 is 44.9 Å². The second-order valence-corrected chi connectivity index (χ2v) is 7.36. The van der Waals surface area contributed by atoms with Gasteiger partial charge in [0.15, 0.2) is 5.11 Å². The fourth-order valence-corrected chi connectivity index (χ4v) is 3.48. The van der Waals surface area contributed by atoms with Gasteiger partial charge in [0, 0.05) is 11.3 Å². The molecule has 2 aromatic carbocycles. The summed E-state index contributed by atoms with van der Waals surface area (Å²) in [6.45, 7) is -0.197. The summed E-state index contributed by atoms with van der Waals surface area (Å²) < 4.78 is 16.8. The number of methoxy groups -OCH3 is 2. The zero-order chi connectivity index (χ0) is 21.7. The molecule has 0 saturated carbocycles. The summed E-state index contributed by atoms with van der Waals surface area (Å²) in [4.78, 5) is 12.5. The maximum Gasteiger partial charge on any atom is 0.257 e. The second kappa shape index (κ2) is 9.75. The second-order valence-electron chi connectivity index (χ2n) is 6.10. The fraction of sp³-hybridized carbons (Fsp3) is 0.143. The van der Waals surface area contributed by atoms with Crippen molar-refractivity contribution in [3.05, 3.63) is 64.3 Å². The van der Waals surface area contributed by atoms with E-state index in [-0.39, 0.29) is 17.6 Å². The highest BCUT2D eigenvalue weighted by molar-refractivity contribution is 9.10. The maximum absolute atomic E-state index is 12.5. The van der Waals surface area contributed by atoms with Gasteiger partial charge < -0.3 is 24.3 Å². The van der Waals surface area contributed by atoms with Gasteiger partial charge in [0.05, 0.1) is 24.3 Å². The van der Waals surface area contributed by atoms with E-state index < -0.39 is 0 Å². The number of halogens is 1. The Bertz CT molecular complexity index is 1080. The summed E-state index contributed by atoms with van der Waals surface area (Å²) in [5.74, 6) is 1.84. The van der Waals surface area contributed by atoms with Crippen molar-refractivity contribution in [2.75, 3.05) is 19.5 Å². The Morgan fingerprint density at radius 1 is 1.10 bits per heavy atom. The number of anilines is 1. The van der Waals surface area contributed by atoms with E-state index in [0.29, 0.717) is 44.3 Å². The third kappa shape index (κ3) is 4.99. The van der Waals surface area contributed by atoms with Crippen LogP contribution in [0.25, 0.3) is 11.3 Å². The molecule has 9 heteroatoms. The standard InChI is InChI=1S/C21H19BrN2O5S/c1-27-17-7-4-13(10-15(17)18-8-5-14(11-25)29-18)23-21(30)24-20(26)12-3-6-19(28-2)16(22)9-12/h3-10,25H,11H2,1-2H3,(H2,23,24,26,30). The zero-order valence-electron chi connectivity index (χ0n) is 16.2. The minimum absolute atomic E-state index is 0.138. The Hall–Kier alpha value is -2.88. The number of amides is 1. The lowest BCUT2D eigenvalue weighted by Crippen LogP contribution is -2.34. The van der Waals surface area contributed by atoms with Crippen molar-refractivity contribution in [2.24, 2.45) is 0 Å². The quantitative estimate of drug-likeness (QED) is 0.442. The molecule has 0 radical (unpaired) electrons. The van der Waals surface area contributed by atoms with Crippen LogP contribution in [-0.4, -0.2) is 30.3 Å². The molecule has 0 aliphatic carbocycles. The topological polar surface area (TPSA) is 93.0 Å². The van der Waals surface area contributed by atoms with Crippen LogP contribution in [0.3, 0.4) is 0 Å². The summed E-state index contributed by atoms with van der Waals surface area (Å²) in [5, 5.41) is 15.0. The predicted octanol–water partition coefficient (Wildman–Crippen LogP) is 4.35. The zero-order valence-corrected chi connectivity index (χ0v) is 18.6. The van der Waals surface area contributed by atoms with Gasteiger partial charge in [-0.05, 0) is 76.7 Å². The molecule has 3 rings (SSSR count). The van der Waals surface area contributed by atoms with Gasteiger partial charge in [-0.1, -0.05) is 0 Å². The number of aliphatic hydroxyl groups is 1. The monoisotopic (exact) mass is 490 g/mol. The highest BCUT2D eigenvalue weighted by Crippen LogP contribution is 2.34. The lowest BCUT2D eigenvalue weighted by atomic mass is 10.1. The fourth-order valence-electron chi connectivity index (χ4n) is 2.73. The molecule has 0 aliphatic heterocycles. The predicted molar refractivity (Wildman–Crippen MR) is 121 cm³/mol. The molecule has 0 fully saturated rings. The third-order valence-corrected chi connectivity index (χ3v) is 5.01. The van der Waals surface area contributed by atoms with E-state index in [1.54, 1.807) is 62.8 Å². The van der Waals surface area contributed by atoms with Gasteiger partial charge in [-0.3, -0.25) is 10.1 Å². The molecule has 0 saturated heterocycles. The van der Waals surface area contributed by atoms with Crippen LogP contribution in [0.2, 0.25) is 0 Å². The Morgan fingerprint density at radius 3 is 2.47 bits per heavy atom. The molecule has 0 bridgehead atoms. The van der Waals surface area contributed by atoms with Crippen molar-refractivity contribution in [1.29, 1.82) is 0 Å². The third-order valence-electron chi connectivity index (χ3n) is 4.18. The summed E-state index contributed by atoms with van der Waals surface area (Å²) in [6, 6.07) is 13.7. The first-order valence-corrected chi connectivity index (χ1v) is 9.99. The van der Waals surface area contributed by atoms with E-state index in [4.69, 9.17) is 26.1 Å². The molecule has 7 nitrogen and oxygen atoms in total. The summed E-state index contributed by atoms with van der Waals surface area (Å²) in [5.41, 5.74) is 1.73. The number of benzene rings is 2. The highest BCUT2D eigenvalue weighted by atomic mass is 79.9. The Balaban J connectivity index is 1.74. The van der Waals surface area contributed by atoms with E-state index in [1.807, 2.05) is 0 Å². The molecular formula is C21H19BrN2O5S. The number of hydrogen-bond donors (Lipinski definition) is 3. The van der Waals surface area contributed by atoms with Crippen LogP contribution in [0.15, 0.2) is 57.4 Å². The van der Waals surface area contributed by atoms with Crippen LogP contribution in [0.1, 0.15) is 16.1 Å². The van der Waals surface area contributed by atoms with Gasteiger partial charge in [-0.2, -0.15) is 0 Å². The summed E-state index contributed by atoms with van der Waals surface area (Å²) in [6.07, 6.45) is 0.